The first-order chi connectivity index (χ1) is 12.8. The number of aromatic hydroxyl groups is 2. The van der Waals surface area contributed by atoms with Crippen LogP contribution in [0.5, 0.6) is 11.5 Å². The highest BCUT2D eigenvalue weighted by Gasteiger charge is 2.33. The number of fused-ring (bicyclic) bond motifs is 1. The molecule has 0 saturated heterocycles. The van der Waals surface area contributed by atoms with Gasteiger partial charge in [0.1, 0.15) is 29.3 Å². The van der Waals surface area contributed by atoms with Crippen LogP contribution in [0.2, 0.25) is 0 Å². The van der Waals surface area contributed by atoms with Crippen LogP contribution in [0.25, 0.3) is 11.0 Å². The van der Waals surface area contributed by atoms with Crippen molar-refractivity contribution in [3.05, 3.63) is 57.8 Å². The van der Waals surface area contributed by atoms with Gasteiger partial charge in [0.05, 0.1) is 15.4 Å². The minimum Gasteiger partial charge on any atom is -0.504 e. The summed E-state index contributed by atoms with van der Waals surface area (Å²) >= 11 is 3.12. The predicted octanol–water partition coefficient (Wildman–Crippen LogP) is 4.10. The molecule has 3 rings (SSSR count). The topological polar surface area (TPSA) is 105 Å². The zero-order valence-electron chi connectivity index (χ0n) is 14.4. The SMILES string of the molecule is CC(=O)C(C(C)=O)c1c(Br)c(O)c(O)c2c(C(=O)c3ccccc3)coc12. The van der Waals surface area contributed by atoms with Crippen molar-refractivity contribution in [3.8, 4) is 11.5 Å². The summed E-state index contributed by atoms with van der Waals surface area (Å²) in [4.78, 5) is 36.9. The lowest BCUT2D eigenvalue weighted by atomic mass is 9.89. The lowest BCUT2D eigenvalue weighted by molar-refractivity contribution is -0.126. The molecule has 0 spiro atoms. The average molecular weight is 431 g/mol. The van der Waals surface area contributed by atoms with Crippen LogP contribution in [-0.4, -0.2) is 27.6 Å². The van der Waals surface area contributed by atoms with Gasteiger partial charge in [0.15, 0.2) is 17.3 Å². The van der Waals surface area contributed by atoms with Gasteiger partial charge in [-0.15, -0.1) is 0 Å². The van der Waals surface area contributed by atoms with Gasteiger partial charge in [0, 0.05) is 11.1 Å². The maximum Gasteiger partial charge on any atom is 0.197 e. The van der Waals surface area contributed by atoms with Gasteiger partial charge in [-0.2, -0.15) is 0 Å². The van der Waals surface area contributed by atoms with E-state index >= 15 is 0 Å². The second-order valence-corrected chi connectivity index (χ2v) is 6.92. The number of halogens is 1. The fourth-order valence-corrected chi connectivity index (χ4v) is 3.70. The molecule has 7 heteroatoms. The standard InChI is InChI=1S/C20H15BrO6/c1-9(22)13(10(2)23)15-16(21)19(26)18(25)14-12(8-27-20(14)15)17(24)11-6-4-3-5-7-11/h3-8,13,25-26H,1-2H3. The van der Waals surface area contributed by atoms with Crippen molar-refractivity contribution in [2.75, 3.05) is 0 Å². The van der Waals surface area contributed by atoms with Gasteiger partial charge in [-0.25, -0.2) is 0 Å². The number of phenols is 2. The summed E-state index contributed by atoms with van der Waals surface area (Å²) in [6, 6.07) is 8.34. The first-order valence-electron chi connectivity index (χ1n) is 8.00. The van der Waals surface area contributed by atoms with E-state index in [0.717, 1.165) is 6.26 Å². The highest BCUT2D eigenvalue weighted by atomic mass is 79.9. The summed E-state index contributed by atoms with van der Waals surface area (Å²) in [6.07, 6.45) is 1.15. The number of hydrogen-bond acceptors (Lipinski definition) is 6. The third-order valence-corrected chi connectivity index (χ3v) is 5.13. The van der Waals surface area contributed by atoms with Crippen molar-refractivity contribution in [1.29, 1.82) is 0 Å². The molecule has 0 atom stereocenters. The highest BCUT2D eigenvalue weighted by Crippen LogP contribution is 2.48. The van der Waals surface area contributed by atoms with Crippen molar-refractivity contribution in [2.24, 2.45) is 0 Å². The maximum atomic E-state index is 12.8. The third-order valence-electron chi connectivity index (χ3n) is 4.32. The number of benzene rings is 2. The summed E-state index contributed by atoms with van der Waals surface area (Å²) in [6.45, 7) is 2.49. The molecule has 0 aliphatic carbocycles. The molecule has 0 amide bonds. The van der Waals surface area contributed by atoms with Gasteiger partial charge in [0.25, 0.3) is 0 Å². The average Bonchev–Trinajstić information content (AvgIpc) is 3.07. The second kappa shape index (κ2) is 7.00. The lowest BCUT2D eigenvalue weighted by Crippen LogP contribution is -2.18. The van der Waals surface area contributed by atoms with E-state index in [1.165, 1.54) is 13.8 Å². The van der Waals surface area contributed by atoms with Gasteiger partial charge in [0.2, 0.25) is 0 Å². The molecule has 2 N–H and O–H groups in total. The molecule has 0 saturated carbocycles. The Labute approximate surface area is 162 Å². The molecule has 138 valence electrons. The normalized spacial score (nSPS) is 11.1. The van der Waals surface area contributed by atoms with Gasteiger partial charge in [-0.1, -0.05) is 30.3 Å². The number of furan rings is 1. The minimum absolute atomic E-state index is 0.00754. The molecular weight excluding hydrogens is 416 g/mol. The third kappa shape index (κ3) is 3.04. The van der Waals surface area contributed by atoms with E-state index in [0.29, 0.717) is 5.56 Å². The molecule has 1 aromatic heterocycles. The summed E-state index contributed by atoms with van der Waals surface area (Å²) in [5, 5.41) is 20.7. The van der Waals surface area contributed by atoms with Gasteiger partial charge in [-0.3, -0.25) is 14.4 Å². The van der Waals surface area contributed by atoms with Crippen molar-refractivity contribution in [3.63, 3.8) is 0 Å². The van der Waals surface area contributed by atoms with Gasteiger partial charge >= 0.3 is 0 Å². The zero-order valence-corrected chi connectivity index (χ0v) is 16.0. The first-order valence-corrected chi connectivity index (χ1v) is 8.80. The Kier molecular flexibility index (Phi) is 4.89. The fraction of sp³-hybridized carbons (Fsp3) is 0.150. The molecule has 6 nitrogen and oxygen atoms in total. The largest absolute Gasteiger partial charge is 0.504 e. The van der Waals surface area contributed by atoms with E-state index in [4.69, 9.17) is 4.42 Å². The van der Waals surface area contributed by atoms with Gasteiger partial charge < -0.3 is 14.6 Å². The molecule has 0 aliphatic rings. The van der Waals surface area contributed by atoms with Crippen molar-refractivity contribution in [2.45, 2.75) is 19.8 Å². The molecule has 0 aliphatic heterocycles. The lowest BCUT2D eigenvalue weighted by Gasteiger charge is -2.15. The van der Waals surface area contributed by atoms with E-state index in [1.54, 1.807) is 30.3 Å². The van der Waals surface area contributed by atoms with E-state index < -0.39 is 34.8 Å². The summed E-state index contributed by atoms with van der Waals surface area (Å²) in [7, 11) is 0. The first kappa shape index (κ1) is 18.8. The second-order valence-electron chi connectivity index (χ2n) is 6.13. The summed E-state index contributed by atoms with van der Waals surface area (Å²) in [5.41, 5.74) is 0.445. The van der Waals surface area contributed by atoms with Crippen molar-refractivity contribution in [1.82, 2.24) is 0 Å². The van der Waals surface area contributed by atoms with Crippen LogP contribution in [0.1, 0.15) is 41.3 Å². The van der Waals surface area contributed by atoms with Gasteiger partial charge in [-0.05, 0) is 29.8 Å². The number of rotatable bonds is 5. The maximum absolute atomic E-state index is 12.8. The Morgan fingerprint density at radius 3 is 2.15 bits per heavy atom. The molecular formula is C20H15BrO6. The van der Waals surface area contributed by atoms with Crippen LogP contribution in [0, 0.1) is 0 Å². The molecule has 3 aromatic rings. The Balaban J connectivity index is 2.35. The van der Waals surface area contributed by atoms with Crippen LogP contribution < -0.4 is 0 Å². The summed E-state index contributed by atoms with van der Waals surface area (Å²) < 4.78 is 5.46. The number of ketones is 3. The highest BCUT2D eigenvalue weighted by molar-refractivity contribution is 9.10. The smallest absolute Gasteiger partial charge is 0.197 e. The Morgan fingerprint density at radius 1 is 1.00 bits per heavy atom. The molecule has 0 unspecified atom stereocenters. The number of carbonyl (C=O) groups is 3. The number of Topliss-reactive ketones (excluding diaryl/α,β-unsaturated/α-hetero) is 2. The Bertz CT molecular complexity index is 1070. The number of phenolic OH excluding ortho intramolecular Hbond substituents is 2. The van der Waals surface area contributed by atoms with Crippen molar-refractivity contribution < 1.29 is 29.0 Å². The molecule has 27 heavy (non-hydrogen) atoms. The molecule has 0 fully saturated rings. The van der Waals surface area contributed by atoms with E-state index in [-0.39, 0.29) is 26.6 Å². The fourth-order valence-electron chi connectivity index (χ4n) is 3.10. The predicted molar refractivity (Wildman–Crippen MR) is 101 cm³/mol. The number of hydrogen-bond donors (Lipinski definition) is 2. The van der Waals surface area contributed by atoms with E-state index in [9.17, 15) is 24.6 Å². The van der Waals surface area contributed by atoms with Crippen LogP contribution in [0.3, 0.4) is 0 Å². The van der Waals surface area contributed by atoms with E-state index in [1.807, 2.05) is 0 Å². The Morgan fingerprint density at radius 2 is 1.59 bits per heavy atom. The van der Waals surface area contributed by atoms with Crippen LogP contribution in [0.4, 0.5) is 0 Å². The zero-order chi connectivity index (χ0) is 19.9. The molecule has 0 bridgehead atoms. The summed E-state index contributed by atoms with van der Waals surface area (Å²) in [5.74, 6) is -3.70. The molecule has 2 aromatic carbocycles. The monoisotopic (exact) mass is 430 g/mol. The molecule has 0 radical (unpaired) electrons. The quantitative estimate of drug-likeness (QED) is 0.358. The Hall–Kier alpha value is -2.93. The minimum atomic E-state index is -1.21. The van der Waals surface area contributed by atoms with Crippen molar-refractivity contribution >= 4 is 44.2 Å². The van der Waals surface area contributed by atoms with Crippen LogP contribution >= 0.6 is 15.9 Å². The van der Waals surface area contributed by atoms with E-state index in [2.05, 4.69) is 15.9 Å². The molecule has 1 heterocycles. The van der Waals surface area contributed by atoms with Crippen LogP contribution in [0.15, 0.2) is 45.5 Å². The number of carbonyl (C=O) groups excluding carboxylic acids is 3. The van der Waals surface area contributed by atoms with Crippen LogP contribution in [-0.2, 0) is 9.59 Å².